The maximum Gasteiger partial charge on any atom is 0.264 e. The second kappa shape index (κ2) is 15.3. The summed E-state index contributed by atoms with van der Waals surface area (Å²) < 4.78 is 42.8. The van der Waals surface area contributed by atoms with E-state index in [4.69, 9.17) is 21.1 Å². The van der Waals surface area contributed by atoms with E-state index < -0.39 is 26.8 Å². The lowest BCUT2D eigenvalue weighted by Gasteiger charge is -2.51. The molecule has 5 aliphatic rings. The normalized spacial score (nSPS) is 36.4. The van der Waals surface area contributed by atoms with E-state index in [2.05, 4.69) is 57.7 Å². The van der Waals surface area contributed by atoms with Gasteiger partial charge in [0.25, 0.3) is 5.91 Å². The van der Waals surface area contributed by atoms with Gasteiger partial charge in [-0.1, -0.05) is 56.2 Å². The van der Waals surface area contributed by atoms with Crippen LogP contribution in [0.1, 0.15) is 69.7 Å². The van der Waals surface area contributed by atoms with Crippen molar-refractivity contribution in [1.82, 2.24) is 14.5 Å². The molecule has 11 heteroatoms. The minimum absolute atomic E-state index is 0.208. The summed E-state index contributed by atoms with van der Waals surface area (Å²) >= 11 is 6.48. The molecule has 50 heavy (non-hydrogen) atoms. The first-order valence-electron chi connectivity index (χ1n) is 18.6. The molecule has 3 aliphatic heterocycles. The van der Waals surface area contributed by atoms with Gasteiger partial charge in [0.05, 0.1) is 17.5 Å². The minimum atomic E-state index is -3.94. The number of halogens is 1. The molecule has 1 saturated heterocycles. The zero-order valence-corrected chi connectivity index (χ0v) is 32.1. The number of hydrogen-bond acceptors (Lipinski definition) is 8. The zero-order valence-electron chi connectivity index (χ0n) is 30.6. The molecule has 2 unspecified atom stereocenters. The molecule has 0 spiro atoms. The Kier molecular flexibility index (Phi) is 11.4. The van der Waals surface area contributed by atoms with Crippen LogP contribution in [0.2, 0.25) is 0 Å². The van der Waals surface area contributed by atoms with Gasteiger partial charge in [0.15, 0.2) is 0 Å². The number of rotatable bonds is 3. The van der Waals surface area contributed by atoms with Crippen LogP contribution in [0.25, 0.3) is 0 Å². The Morgan fingerprint density at radius 3 is 2.56 bits per heavy atom. The lowest BCUT2D eigenvalue weighted by atomic mass is 9.63. The number of piperazine rings is 1. The molecule has 3 heterocycles. The molecule has 9 nitrogen and oxygen atoms in total. The average molecular weight is 729 g/mol. The van der Waals surface area contributed by atoms with Crippen LogP contribution >= 0.6 is 11.6 Å². The second-order valence-corrected chi connectivity index (χ2v) is 18.4. The van der Waals surface area contributed by atoms with Crippen molar-refractivity contribution in [3.8, 4) is 5.75 Å². The predicted octanol–water partition coefficient (Wildman–Crippen LogP) is 6.07. The molecular formula is C39H57ClN4O5S. The highest BCUT2D eigenvalue weighted by Crippen LogP contribution is 2.47. The number of carbonyl (C=O) groups excluding carboxylic acids is 1. The number of sulfonamides is 1. The van der Waals surface area contributed by atoms with E-state index in [0.29, 0.717) is 36.2 Å². The SMILES string of the molecule is CO[C@@]1(CN2CCN(C)CC2)/C=C/C[C@H](C)[C@@H](C)S(=O)(=O)NC(=O)c2ccc3c(c2)N(CCCCC2C=C(Cl)C=CC2(C)CO3)C[C@@H]2CC[C@H]21. The number of nitrogens with one attached hydrogen (secondary N) is 1. The number of benzene rings is 1. The van der Waals surface area contributed by atoms with Crippen molar-refractivity contribution in [3.63, 3.8) is 0 Å². The quantitative estimate of drug-likeness (QED) is 0.375. The van der Waals surface area contributed by atoms with E-state index in [9.17, 15) is 13.2 Å². The summed E-state index contributed by atoms with van der Waals surface area (Å²) in [5.74, 6) is 0.800. The van der Waals surface area contributed by atoms with Crippen LogP contribution in [0, 0.1) is 29.1 Å². The van der Waals surface area contributed by atoms with Crippen molar-refractivity contribution in [3.05, 3.63) is 59.2 Å². The van der Waals surface area contributed by atoms with Crippen molar-refractivity contribution in [2.45, 2.75) is 70.1 Å². The highest BCUT2D eigenvalue weighted by Gasteiger charge is 2.48. The Morgan fingerprint density at radius 1 is 1.06 bits per heavy atom. The van der Waals surface area contributed by atoms with Gasteiger partial charge in [0.1, 0.15) is 11.4 Å². The van der Waals surface area contributed by atoms with Gasteiger partial charge in [0, 0.05) is 68.9 Å². The number of anilines is 1. The Balaban J connectivity index is 1.40. The first kappa shape index (κ1) is 37.4. The van der Waals surface area contributed by atoms with Crippen LogP contribution in [0.15, 0.2) is 53.6 Å². The molecule has 1 N–H and O–H groups in total. The van der Waals surface area contributed by atoms with E-state index in [1.165, 1.54) is 0 Å². The zero-order chi connectivity index (χ0) is 35.7. The summed E-state index contributed by atoms with van der Waals surface area (Å²) in [7, 11) is 0.0801. The summed E-state index contributed by atoms with van der Waals surface area (Å²) in [5.41, 5.74) is 0.416. The van der Waals surface area contributed by atoms with E-state index >= 15 is 0 Å². The number of methoxy groups -OCH3 is 1. The number of carbonyl (C=O) groups is 1. The summed E-state index contributed by atoms with van der Waals surface area (Å²) in [4.78, 5) is 20.9. The Hall–Kier alpha value is -2.37. The van der Waals surface area contributed by atoms with Crippen molar-refractivity contribution in [2.75, 3.05) is 71.5 Å². The Bertz CT molecular complexity index is 1590. The van der Waals surface area contributed by atoms with Crippen LogP contribution in [0.4, 0.5) is 5.69 Å². The number of amides is 1. The van der Waals surface area contributed by atoms with E-state index in [1.807, 2.05) is 32.2 Å². The molecule has 6 rings (SSSR count). The van der Waals surface area contributed by atoms with Crippen LogP contribution in [0.3, 0.4) is 0 Å². The molecule has 2 fully saturated rings. The van der Waals surface area contributed by atoms with E-state index in [1.54, 1.807) is 13.0 Å². The van der Waals surface area contributed by atoms with Crippen LogP contribution in [-0.4, -0.2) is 102 Å². The molecule has 1 aromatic carbocycles. The maximum atomic E-state index is 13.6. The smallest absolute Gasteiger partial charge is 0.264 e. The third-order valence-corrected chi connectivity index (χ3v) is 14.7. The third kappa shape index (κ3) is 7.99. The molecule has 1 aromatic rings. The number of ether oxygens (including phenoxy) is 2. The van der Waals surface area contributed by atoms with Gasteiger partial charge >= 0.3 is 0 Å². The van der Waals surface area contributed by atoms with Gasteiger partial charge in [-0.25, -0.2) is 13.1 Å². The molecule has 1 saturated carbocycles. The Labute approximate surface area is 305 Å². The van der Waals surface area contributed by atoms with Gasteiger partial charge in [-0.15, -0.1) is 0 Å². The summed E-state index contributed by atoms with van der Waals surface area (Å²) in [6.45, 7) is 12.7. The topological polar surface area (TPSA) is 91.4 Å². The van der Waals surface area contributed by atoms with Crippen molar-refractivity contribution < 1.29 is 22.7 Å². The first-order chi connectivity index (χ1) is 23.8. The number of likely N-dealkylation sites (N-methyl/N-ethyl adjacent to an activating group) is 1. The van der Waals surface area contributed by atoms with Crippen molar-refractivity contribution in [1.29, 1.82) is 0 Å². The largest absolute Gasteiger partial charge is 0.490 e. The summed E-state index contributed by atoms with van der Waals surface area (Å²) in [6.07, 6.45) is 16.4. The monoisotopic (exact) mass is 728 g/mol. The molecule has 1 amide bonds. The van der Waals surface area contributed by atoms with Gasteiger partial charge in [-0.05, 0) is 94.0 Å². The molecular weight excluding hydrogens is 672 g/mol. The van der Waals surface area contributed by atoms with E-state index in [0.717, 1.165) is 88.6 Å². The second-order valence-electron chi connectivity index (χ2n) is 15.9. The number of fused-ring (bicyclic) bond motifs is 3. The van der Waals surface area contributed by atoms with Crippen LogP contribution < -0.4 is 14.4 Å². The highest BCUT2D eigenvalue weighted by molar-refractivity contribution is 7.90. The summed E-state index contributed by atoms with van der Waals surface area (Å²) in [6, 6.07) is 5.37. The molecule has 2 aliphatic carbocycles. The molecule has 2 bridgehead atoms. The lowest BCUT2D eigenvalue weighted by Crippen LogP contribution is -2.58. The van der Waals surface area contributed by atoms with Crippen LogP contribution in [0.5, 0.6) is 5.75 Å². The lowest BCUT2D eigenvalue weighted by molar-refractivity contribution is -0.0948. The number of nitrogens with zero attached hydrogens (tertiary/aromatic N) is 3. The molecule has 276 valence electrons. The standard InChI is InChI=1S/C39H57ClN4O5S/c1-28-9-8-16-39(48-5,26-43-21-19-42(4)20-22-43)34-13-11-31(34)25-44-18-7-6-10-32-24-33(40)15-17-38(32,3)27-49-36-14-12-30(23-35(36)44)37(45)41-50(46,47)29(28)2/h8,12,14-17,23-24,28-29,31-32,34H,6-7,9-11,13,18-22,25-27H2,1-5H3,(H,41,45)/b16-8+/t28-,29+,31-,32?,34+,38?,39+/m0/s1. The van der Waals surface area contributed by atoms with Gasteiger partial charge in [-0.2, -0.15) is 0 Å². The van der Waals surface area contributed by atoms with Crippen molar-refractivity contribution >= 4 is 33.2 Å². The fourth-order valence-electron chi connectivity index (χ4n) is 8.55. The van der Waals surface area contributed by atoms with Gasteiger partial charge < -0.3 is 19.3 Å². The Morgan fingerprint density at radius 2 is 1.84 bits per heavy atom. The van der Waals surface area contributed by atoms with Crippen LogP contribution in [-0.2, 0) is 14.8 Å². The maximum absolute atomic E-state index is 13.6. The highest BCUT2D eigenvalue weighted by atomic mass is 35.5. The van der Waals surface area contributed by atoms with E-state index in [-0.39, 0.29) is 17.3 Å². The molecule has 7 atom stereocenters. The van der Waals surface area contributed by atoms with Crippen molar-refractivity contribution in [2.24, 2.45) is 29.1 Å². The average Bonchev–Trinajstić information content (AvgIpc) is 3.10. The molecule has 0 aromatic heterocycles. The number of hydrogen-bond donors (Lipinski definition) is 1. The fraction of sp³-hybridized carbons (Fsp3) is 0.667. The molecule has 0 radical (unpaired) electrons. The first-order valence-corrected chi connectivity index (χ1v) is 20.5. The van der Waals surface area contributed by atoms with Gasteiger partial charge in [-0.3, -0.25) is 9.69 Å². The predicted molar refractivity (Wildman–Crippen MR) is 201 cm³/mol. The summed E-state index contributed by atoms with van der Waals surface area (Å²) in [5, 5.41) is 0.000865. The third-order valence-electron chi connectivity index (χ3n) is 12.5. The number of allylic oxidation sites excluding steroid dienone is 4. The van der Waals surface area contributed by atoms with Gasteiger partial charge in [0.2, 0.25) is 10.0 Å². The fourth-order valence-corrected chi connectivity index (χ4v) is 10.0. The minimum Gasteiger partial charge on any atom is -0.490 e.